The molecule has 0 fully saturated rings. The van der Waals surface area contributed by atoms with Crippen LogP contribution in [0.3, 0.4) is 0 Å². The summed E-state index contributed by atoms with van der Waals surface area (Å²) in [6, 6.07) is 5.34. The molecular formula is C12H13NO2S. The van der Waals surface area contributed by atoms with E-state index in [9.17, 15) is 9.90 Å². The van der Waals surface area contributed by atoms with Gasteiger partial charge >= 0.3 is 0 Å². The number of hydrogen-bond donors (Lipinski definition) is 2. The molecule has 84 valence electrons. The summed E-state index contributed by atoms with van der Waals surface area (Å²) in [4.78, 5) is 15.0. The molecule has 0 radical (unpaired) electrons. The van der Waals surface area contributed by atoms with E-state index in [0.29, 0.717) is 10.8 Å². The number of nitrogens with one attached hydrogen (secondary N) is 1. The minimum atomic E-state index is -1.36. The van der Waals surface area contributed by atoms with Crippen LogP contribution < -0.4 is 5.56 Å². The van der Waals surface area contributed by atoms with E-state index in [1.54, 1.807) is 12.1 Å². The minimum Gasteiger partial charge on any atom is -0.506 e. The van der Waals surface area contributed by atoms with E-state index in [0.717, 1.165) is 4.90 Å². The lowest BCUT2D eigenvalue weighted by Crippen LogP contribution is -2.04. The van der Waals surface area contributed by atoms with Crippen LogP contribution in [0.25, 0.3) is 10.8 Å². The number of aromatic nitrogens is 1. The van der Waals surface area contributed by atoms with Crippen LogP contribution in [0.4, 0.5) is 0 Å². The monoisotopic (exact) mass is 235 g/mol. The quantitative estimate of drug-likeness (QED) is 0.742. The van der Waals surface area contributed by atoms with Crippen LogP contribution >= 0.6 is 9.21 Å². The first-order valence-corrected chi connectivity index (χ1v) is 7.06. The molecule has 1 aromatic carbocycles. The van der Waals surface area contributed by atoms with Gasteiger partial charge < -0.3 is 10.1 Å². The lowest BCUT2D eigenvalue weighted by molar-refractivity contribution is 0.479. The molecule has 16 heavy (non-hydrogen) atoms. The fourth-order valence-electron chi connectivity index (χ4n) is 1.53. The average molecular weight is 235 g/mol. The van der Waals surface area contributed by atoms with Gasteiger partial charge in [-0.15, -0.1) is 0 Å². The Labute approximate surface area is 93.8 Å². The van der Waals surface area contributed by atoms with Crippen molar-refractivity contribution in [2.45, 2.75) is 4.90 Å². The summed E-state index contributed by atoms with van der Waals surface area (Å²) in [5.41, 5.74) is -0.210. The Morgan fingerprint density at radius 3 is 2.62 bits per heavy atom. The molecule has 1 aromatic heterocycles. The maximum atomic E-state index is 11.6. The third kappa shape index (κ3) is 1.72. The largest absolute Gasteiger partial charge is 0.506 e. The molecule has 2 aromatic rings. The highest BCUT2D eigenvalue weighted by Crippen LogP contribution is 2.31. The van der Waals surface area contributed by atoms with Crippen molar-refractivity contribution >= 4 is 31.7 Å². The Morgan fingerprint density at radius 2 is 2.00 bits per heavy atom. The van der Waals surface area contributed by atoms with Crippen LogP contribution in [0, 0.1) is 0 Å². The smallest absolute Gasteiger partial charge is 0.256 e. The molecule has 0 amide bonds. The van der Waals surface area contributed by atoms with E-state index >= 15 is 0 Å². The zero-order valence-electron chi connectivity index (χ0n) is 8.99. The van der Waals surface area contributed by atoms with E-state index in [-0.39, 0.29) is 11.3 Å². The lowest BCUT2D eigenvalue weighted by atomic mass is 10.1. The topological polar surface area (TPSA) is 53.1 Å². The standard InChI is InChI=1S/C12H13NO2S/c1-16(2,3)8-4-5-9-10(6-8)12(15)13-7-11(9)14/h4-7,14H,1-2H2,3H3,(H,13,15). The predicted octanol–water partition coefficient (Wildman–Crippen LogP) is 1.89. The van der Waals surface area contributed by atoms with Crippen molar-refractivity contribution in [2.75, 3.05) is 6.26 Å². The maximum absolute atomic E-state index is 11.6. The van der Waals surface area contributed by atoms with E-state index < -0.39 is 9.21 Å². The summed E-state index contributed by atoms with van der Waals surface area (Å²) in [6.45, 7) is 0. The summed E-state index contributed by atoms with van der Waals surface area (Å²) in [6.07, 6.45) is 3.25. The highest BCUT2D eigenvalue weighted by Gasteiger charge is 2.05. The molecule has 2 N–H and O–H groups in total. The van der Waals surface area contributed by atoms with Crippen molar-refractivity contribution in [3.8, 4) is 5.75 Å². The van der Waals surface area contributed by atoms with E-state index in [1.807, 2.05) is 12.3 Å². The number of pyridine rings is 1. The summed E-state index contributed by atoms with van der Waals surface area (Å²) in [5.74, 6) is 8.07. The van der Waals surface area contributed by atoms with Gasteiger partial charge in [0.05, 0.1) is 5.39 Å². The van der Waals surface area contributed by atoms with Crippen molar-refractivity contribution in [1.29, 1.82) is 0 Å². The van der Waals surface area contributed by atoms with E-state index in [1.165, 1.54) is 6.20 Å². The molecule has 0 aliphatic heterocycles. The molecule has 1 heterocycles. The summed E-state index contributed by atoms with van der Waals surface area (Å²) >= 11 is 0. The normalized spacial score (nSPS) is 11.8. The Morgan fingerprint density at radius 1 is 1.31 bits per heavy atom. The van der Waals surface area contributed by atoms with Crippen LogP contribution in [0.5, 0.6) is 5.75 Å². The Balaban J connectivity index is 2.92. The number of aromatic amines is 1. The average Bonchev–Trinajstić information content (AvgIpc) is 2.22. The van der Waals surface area contributed by atoms with Crippen LogP contribution in [0.1, 0.15) is 0 Å². The van der Waals surface area contributed by atoms with Crippen molar-refractivity contribution in [1.82, 2.24) is 4.98 Å². The number of fused-ring (bicyclic) bond motifs is 1. The molecule has 0 saturated heterocycles. The molecule has 0 aliphatic carbocycles. The fraction of sp³-hybridized carbons (Fsp3) is 0.0833. The summed E-state index contributed by atoms with van der Waals surface area (Å²) in [7, 11) is -1.36. The second-order valence-electron chi connectivity index (χ2n) is 3.98. The van der Waals surface area contributed by atoms with Gasteiger partial charge in [-0.25, -0.2) is 0 Å². The van der Waals surface area contributed by atoms with Gasteiger partial charge in [0.15, 0.2) is 0 Å². The van der Waals surface area contributed by atoms with Gasteiger partial charge in [-0.05, 0) is 29.4 Å². The first kappa shape index (κ1) is 10.8. The molecule has 0 aliphatic rings. The third-order valence-electron chi connectivity index (χ3n) is 2.42. The van der Waals surface area contributed by atoms with Gasteiger partial charge in [-0.3, -0.25) is 4.79 Å². The van der Waals surface area contributed by atoms with Gasteiger partial charge in [-0.2, -0.15) is 9.21 Å². The van der Waals surface area contributed by atoms with E-state index in [2.05, 4.69) is 16.7 Å². The highest BCUT2D eigenvalue weighted by atomic mass is 32.2. The van der Waals surface area contributed by atoms with Gasteiger partial charge in [0, 0.05) is 11.6 Å². The van der Waals surface area contributed by atoms with Crippen LogP contribution in [0.15, 0.2) is 34.1 Å². The number of benzene rings is 1. The van der Waals surface area contributed by atoms with Gasteiger partial charge in [0.2, 0.25) is 0 Å². The minimum absolute atomic E-state index is 0.0750. The van der Waals surface area contributed by atoms with Crippen LogP contribution in [-0.2, 0) is 0 Å². The zero-order valence-corrected chi connectivity index (χ0v) is 9.80. The molecule has 3 nitrogen and oxygen atoms in total. The number of H-pyrrole nitrogens is 1. The van der Waals surface area contributed by atoms with Crippen LogP contribution in [0.2, 0.25) is 0 Å². The molecule has 0 atom stereocenters. The molecule has 0 saturated carbocycles. The molecule has 4 heteroatoms. The third-order valence-corrected chi connectivity index (χ3v) is 3.81. The lowest BCUT2D eigenvalue weighted by Gasteiger charge is -2.09. The van der Waals surface area contributed by atoms with Crippen LogP contribution in [-0.4, -0.2) is 28.1 Å². The predicted molar refractivity (Wildman–Crippen MR) is 72.3 cm³/mol. The molecule has 0 unspecified atom stereocenters. The maximum Gasteiger partial charge on any atom is 0.256 e. The second kappa shape index (κ2) is 3.42. The number of rotatable bonds is 1. The zero-order chi connectivity index (χ0) is 11.9. The van der Waals surface area contributed by atoms with Gasteiger partial charge in [-0.1, -0.05) is 11.7 Å². The van der Waals surface area contributed by atoms with Crippen molar-refractivity contribution < 1.29 is 5.11 Å². The Bertz CT molecular complexity index is 711. The van der Waals surface area contributed by atoms with Gasteiger partial charge in [0.1, 0.15) is 5.75 Å². The molecular weight excluding hydrogens is 222 g/mol. The highest BCUT2D eigenvalue weighted by molar-refractivity contribution is 8.27. The second-order valence-corrected chi connectivity index (χ2v) is 7.00. The van der Waals surface area contributed by atoms with Gasteiger partial charge in [0.25, 0.3) is 5.56 Å². The van der Waals surface area contributed by atoms with E-state index in [4.69, 9.17) is 0 Å². The summed E-state index contributed by atoms with van der Waals surface area (Å²) in [5, 5.41) is 10.6. The molecule has 0 bridgehead atoms. The first-order chi connectivity index (χ1) is 7.39. The Kier molecular flexibility index (Phi) is 2.31. The summed E-state index contributed by atoms with van der Waals surface area (Å²) < 4.78 is 0. The SMILES string of the molecule is C=S(=C)(C)c1ccc2c(O)c[nH]c(=O)c2c1. The fourth-order valence-corrected chi connectivity index (χ4v) is 2.33. The number of hydrogen-bond acceptors (Lipinski definition) is 2. The van der Waals surface area contributed by atoms with Crippen molar-refractivity contribution in [2.24, 2.45) is 0 Å². The first-order valence-electron chi connectivity index (χ1n) is 4.68. The number of aromatic hydroxyl groups is 1. The molecule has 2 rings (SSSR count). The Hall–Kier alpha value is -1.68. The molecule has 0 spiro atoms. The van der Waals surface area contributed by atoms with Crippen molar-refractivity contribution in [3.05, 3.63) is 34.7 Å². The van der Waals surface area contributed by atoms with Crippen molar-refractivity contribution in [3.63, 3.8) is 0 Å².